The van der Waals surface area contributed by atoms with E-state index >= 15 is 0 Å². The second kappa shape index (κ2) is 8.97. The van der Waals surface area contributed by atoms with Crippen LogP contribution in [-0.4, -0.2) is 21.9 Å². The topological polar surface area (TPSA) is 81.9 Å². The molecule has 0 atom stereocenters. The van der Waals surface area contributed by atoms with Crippen molar-refractivity contribution in [3.05, 3.63) is 87.5 Å². The summed E-state index contributed by atoms with van der Waals surface area (Å²) in [7, 11) is 0. The van der Waals surface area contributed by atoms with E-state index in [0.29, 0.717) is 22.1 Å². The fourth-order valence-electron chi connectivity index (χ4n) is 2.86. The van der Waals surface area contributed by atoms with Crippen molar-refractivity contribution in [1.29, 1.82) is 0 Å². The number of benzene rings is 2. The molecule has 0 saturated heterocycles. The van der Waals surface area contributed by atoms with Gasteiger partial charge in [0.15, 0.2) is 23.1 Å². The average Bonchev–Trinajstić information content (AvgIpc) is 3.13. The first-order valence-electron chi connectivity index (χ1n) is 9.37. The van der Waals surface area contributed by atoms with E-state index in [9.17, 15) is 14.0 Å². The molecule has 0 aliphatic heterocycles. The van der Waals surface area contributed by atoms with Gasteiger partial charge in [-0.15, -0.1) is 11.3 Å². The lowest BCUT2D eigenvalue weighted by Crippen LogP contribution is -2.20. The fraction of sp³-hybridized carbons (Fsp3) is 0.136. The number of hydrogen-bond donors (Lipinski definition) is 1. The Labute approximate surface area is 180 Å². The van der Waals surface area contributed by atoms with E-state index in [2.05, 4.69) is 10.3 Å². The molecule has 0 aliphatic carbocycles. The number of anilines is 1. The summed E-state index contributed by atoms with van der Waals surface area (Å²) in [5.41, 5.74) is 0.848. The lowest BCUT2D eigenvalue weighted by Gasteiger charge is -2.10. The van der Waals surface area contributed by atoms with Crippen molar-refractivity contribution in [2.45, 2.75) is 13.5 Å². The SMILES string of the molecule is Cc1cn2c(=O)cc(COc3cccc(NC(=O)COc4ccccc4F)c3)nc2s1. The Bertz CT molecular complexity index is 1300. The van der Waals surface area contributed by atoms with E-state index in [1.165, 1.54) is 33.9 Å². The normalized spacial score (nSPS) is 10.8. The summed E-state index contributed by atoms with van der Waals surface area (Å²) in [5.74, 6) is -0.461. The molecule has 0 saturated carbocycles. The van der Waals surface area contributed by atoms with Gasteiger partial charge in [-0.3, -0.25) is 14.0 Å². The Balaban J connectivity index is 1.36. The third-order valence-corrected chi connectivity index (χ3v) is 5.13. The quantitative estimate of drug-likeness (QED) is 0.474. The van der Waals surface area contributed by atoms with Gasteiger partial charge >= 0.3 is 0 Å². The molecule has 0 radical (unpaired) electrons. The smallest absolute Gasteiger partial charge is 0.262 e. The van der Waals surface area contributed by atoms with Gasteiger partial charge in [-0.1, -0.05) is 18.2 Å². The van der Waals surface area contributed by atoms with Crippen LogP contribution in [-0.2, 0) is 11.4 Å². The van der Waals surface area contributed by atoms with Crippen LogP contribution in [0.4, 0.5) is 10.1 Å². The summed E-state index contributed by atoms with van der Waals surface area (Å²) in [6.45, 7) is 1.69. The molecule has 9 heteroatoms. The van der Waals surface area contributed by atoms with Crippen LogP contribution in [0.5, 0.6) is 11.5 Å². The number of aromatic nitrogens is 2. The van der Waals surface area contributed by atoms with E-state index in [-0.39, 0.29) is 24.5 Å². The first-order valence-corrected chi connectivity index (χ1v) is 10.2. The van der Waals surface area contributed by atoms with E-state index in [1.54, 1.807) is 42.6 Å². The lowest BCUT2D eigenvalue weighted by molar-refractivity contribution is -0.118. The maximum atomic E-state index is 13.6. The molecule has 4 rings (SSSR count). The number of carbonyl (C=O) groups excluding carboxylic acids is 1. The molecule has 2 aromatic heterocycles. The summed E-state index contributed by atoms with van der Waals surface area (Å²) >= 11 is 1.43. The standard InChI is InChI=1S/C22H18FN3O4S/c1-14-11-26-21(28)10-16(25-22(26)31-14)12-29-17-6-4-5-15(9-17)24-20(27)13-30-19-8-3-2-7-18(19)23/h2-11H,12-13H2,1H3,(H,24,27). The molecular weight excluding hydrogens is 421 g/mol. The Morgan fingerprint density at radius 3 is 2.84 bits per heavy atom. The molecule has 0 unspecified atom stereocenters. The molecule has 0 spiro atoms. The van der Waals surface area contributed by atoms with Crippen molar-refractivity contribution in [3.63, 3.8) is 0 Å². The van der Waals surface area contributed by atoms with Gasteiger partial charge in [0.1, 0.15) is 12.4 Å². The summed E-state index contributed by atoms with van der Waals surface area (Å²) in [5, 5.41) is 2.67. The highest BCUT2D eigenvalue weighted by molar-refractivity contribution is 7.16. The van der Waals surface area contributed by atoms with Crippen molar-refractivity contribution in [2.75, 3.05) is 11.9 Å². The van der Waals surface area contributed by atoms with Gasteiger partial charge in [-0.05, 0) is 31.2 Å². The van der Waals surface area contributed by atoms with E-state index in [0.717, 1.165) is 4.88 Å². The number of fused-ring (bicyclic) bond motifs is 1. The van der Waals surface area contributed by atoms with E-state index in [4.69, 9.17) is 9.47 Å². The second-order valence-electron chi connectivity index (χ2n) is 6.66. The summed E-state index contributed by atoms with van der Waals surface area (Å²) in [6, 6.07) is 14.1. The average molecular weight is 439 g/mol. The minimum absolute atomic E-state index is 0.0102. The monoisotopic (exact) mass is 439 g/mol. The van der Waals surface area contributed by atoms with Crippen LogP contribution in [0.2, 0.25) is 0 Å². The van der Waals surface area contributed by atoms with Gasteiger partial charge in [0.25, 0.3) is 11.5 Å². The molecule has 7 nitrogen and oxygen atoms in total. The molecule has 0 fully saturated rings. The predicted octanol–water partition coefficient (Wildman–Crippen LogP) is 3.80. The highest BCUT2D eigenvalue weighted by Crippen LogP contribution is 2.20. The lowest BCUT2D eigenvalue weighted by atomic mass is 10.3. The molecule has 4 aromatic rings. The molecule has 31 heavy (non-hydrogen) atoms. The third-order valence-electron chi connectivity index (χ3n) is 4.24. The molecule has 2 heterocycles. The van der Waals surface area contributed by atoms with Crippen LogP contribution in [0.3, 0.4) is 0 Å². The Hall–Kier alpha value is -3.72. The van der Waals surface area contributed by atoms with Crippen molar-refractivity contribution < 1.29 is 18.7 Å². The Morgan fingerprint density at radius 1 is 1.16 bits per heavy atom. The zero-order valence-corrected chi connectivity index (χ0v) is 17.3. The highest BCUT2D eigenvalue weighted by atomic mass is 32.1. The van der Waals surface area contributed by atoms with Crippen LogP contribution in [0.1, 0.15) is 10.6 Å². The van der Waals surface area contributed by atoms with Crippen molar-refractivity contribution >= 4 is 27.9 Å². The van der Waals surface area contributed by atoms with Crippen molar-refractivity contribution in [3.8, 4) is 11.5 Å². The fourth-order valence-corrected chi connectivity index (χ4v) is 3.71. The number of rotatable bonds is 7. The number of nitrogens with one attached hydrogen (secondary N) is 1. The molecule has 1 N–H and O–H groups in total. The summed E-state index contributed by atoms with van der Waals surface area (Å²) < 4.78 is 26.0. The van der Waals surface area contributed by atoms with Gasteiger partial charge in [0, 0.05) is 28.9 Å². The Kier molecular flexibility index (Phi) is 5.94. The van der Waals surface area contributed by atoms with E-state index < -0.39 is 11.7 Å². The highest BCUT2D eigenvalue weighted by Gasteiger charge is 2.09. The summed E-state index contributed by atoms with van der Waals surface area (Å²) in [4.78, 5) is 30.3. The van der Waals surface area contributed by atoms with Gasteiger partial charge in [-0.25, -0.2) is 9.37 Å². The number of aryl methyl sites for hydroxylation is 1. The van der Waals surface area contributed by atoms with Crippen molar-refractivity contribution in [1.82, 2.24) is 9.38 Å². The Morgan fingerprint density at radius 2 is 2.00 bits per heavy atom. The molecule has 0 bridgehead atoms. The minimum atomic E-state index is -0.533. The first kappa shape index (κ1) is 20.5. The van der Waals surface area contributed by atoms with Crippen molar-refractivity contribution in [2.24, 2.45) is 0 Å². The van der Waals surface area contributed by atoms with Gasteiger partial charge < -0.3 is 14.8 Å². The zero-order valence-electron chi connectivity index (χ0n) is 16.5. The zero-order chi connectivity index (χ0) is 21.8. The van der Waals surface area contributed by atoms with Gasteiger partial charge in [0.2, 0.25) is 0 Å². The molecule has 158 valence electrons. The van der Waals surface area contributed by atoms with E-state index in [1.807, 2.05) is 6.92 Å². The maximum Gasteiger partial charge on any atom is 0.262 e. The number of thiazole rings is 1. The first-order chi connectivity index (χ1) is 15.0. The van der Waals surface area contributed by atoms with Crippen LogP contribution < -0.4 is 20.3 Å². The van der Waals surface area contributed by atoms with Crippen LogP contribution in [0.25, 0.3) is 4.96 Å². The van der Waals surface area contributed by atoms with Gasteiger partial charge in [-0.2, -0.15) is 0 Å². The molecular formula is C22H18FN3O4S. The van der Waals surface area contributed by atoms with Gasteiger partial charge in [0.05, 0.1) is 5.69 Å². The number of hydrogen-bond acceptors (Lipinski definition) is 6. The number of para-hydroxylation sites is 1. The predicted molar refractivity (Wildman–Crippen MR) is 115 cm³/mol. The second-order valence-corrected chi connectivity index (χ2v) is 7.88. The number of nitrogens with zero attached hydrogens (tertiary/aromatic N) is 2. The largest absolute Gasteiger partial charge is 0.487 e. The number of ether oxygens (including phenoxy) is 2. The maximum absolute atomic E-state index is 13.6. The van der Waals surface area contributed by atoms with Crippen LogP contribution in [0.15, 0.2) is 65.6 Å². The van der Waals surface area contributed by atoms with Crippen LogP contribution in [0, 0.1) is 12.7 Å². The number of halogens is 1. The third kappa shape index (κ3) is 5.07. The van der Waals surface area contributed by atoms with Crippen LogP contribution >= 0.6 is 11.3 Å². The minimum Gasteiger partial charge on any atom is -0.487 e. The molecule has 1 amide bonds. The summed E-state index contributed by atoms with van der Waals surface area (Å²) in [6.07, 6.45) is 1.75. The number of carbonyl (C=O) groups is 1. The number of amides is 1. The molecule has 0 aliphatic rings. The molecule has 2 aromatic carbocycles.